The highest BCUT2D eigenvalue weighted by Crippen LogP contribution is 2.20. The van der Waals surface area contributed by atoms with E-state index in [0.29, 0.717) is 11.1 Å². The van der Waals surface area contributed by atoms with Crippen LogP contribution in [0.4, 0.5) is 0 Å². The van der Waals surface area contributed by atoms with E-state index in [4.69, 9.17) is 9.78 Å². The third-order valence-electron chi connectivity index (χ3n) is 4.75. The topological polar surface area (TPSA) is 52.6 Å². The molecule has 0 aliphatic heterocycles. The summed E-state index contributed by atoms with van der Waals surface area (Å²) in [5.74, 6) is -1.35. The Balaban J connectivity index is 2.14. The van der Waals surface area contributed by atoms with Crippen molar-refractivity contribution in [2.45, 2.75) is 41.5 Å². The molecule has 0 heterocycles. The van der Waals surface area contributed by atoms with Crippen molar-refractivity contribution in [3.63, 3.8) is 0 Å². The average molecular weight is 326 g/mol. The zero-order chi connectivity index (χ0) is 18.0. The second kappa shape index (κ2) is 6.87. The predicted molar refractivity (Wildman–Crippen MR) is 92.1 cm³/mol. The van der Waals surface area contributed by atoms with Gasteiger partial charge < -0.3 is 0 Å². The predicted octanol–water partition coefficient (Wildman–Crippen LogP) is 4.47. The highest BCUT2D eigenvalue weighted by atomic mass is 17.2. The summed E-state index contributed by atoms with van der Waals surface area (Å²) in [6.45, 7) is 11.5. The first kappa shape index (κ1) is 17.7. The molecule has 0 N–H and O–H groups in total. The molecule has 0 aliphatic rings. The Morgan fingerprint density at radius 1 is 0.583 bits per heavy atom. The van der Waals surface area contributed by atoms with Gasteiger partial charge in [-0.15, -0.1) is 0 Å². The van der Waals surface area contributed by atoms with Crippen LogP contribution in [-0.4, -0.2) is 11.9 Å². The lowest BCUT2D eigenvalue weighted by Gasteiger charge is -2.11. The van der Waals surface area contributed by atoms with Crippen LogP contribution in [0.25, 0.3) is 0 Å². The smallest absolute Gasteiger partial charge is 0.241 e. The maximum absolute atomic E-state index is 12.2. The van der Waals surface area contributed by atoms with Crippen molar-refractivity contribution >= 4 is 11.9 Å². The summed E-state index contributed by atoms with van der Waals surface area (Å²) in [5.41, 5.74) is 6.63. The van der Waals surface area contributed by atoms with E-state index in [1.807, 2.05) is 53.7 Å². The summed E-state index contributed by atoms with van der Waals surface area (Å²) in [6, 6.07) is 7.03. The Morgan fingerprint density at radius 2 is 0.917 bits per heavy atom. The Kier molecular flexibility index (Phi) is 5.07. The van der Waals surface area contributed by atoms with Gasteiger partial charge in [-0.1, -0.05) is 12.1 Å². The fourth-order valence-electron chi connectivity index (χ4n) is 2.52. The summed E-state index contributed by atoms with van der Waals surface area (Å²) in [7, 11) is 0. The lowest BCUT2D eigenvalue weighted by Crippen LogP contribution is -2.14. The van der Waals surface area contributed by atoms with Gasteiger partial charge in [0.05, 0.1) is 11.1 Å². The van der Waals surface area contributed by atoms with Crippen LogP contribution in [0.15, 0.2) is 24.3 Å². The largest absolute Gasteiger partial charge is 0.386 e. The van der Waals surface area contributed by atoms with E-state index in [9.17, 15) is 9.59 Å². The fraction of sp³-hybridized carbons (Fsp3) is 0.300. The molecule has 2 aromatic carbocycles. The maximum Gasteiger partial charge on any atom is 0.386 e. The number of hydrogen-bond acceptors (Lipinski definition) is 4. The molecule has 0 aromatic heterocycles. The molecule has 4 nitrogen and oxygen atoms in total. The van der Waals surface area contributed by atoms with Crippen LogP contribution in [-0.2, 0) is 9.78 Å². The summed E-state index contributed by atoms with van der Waals surface area (Å²) in [5, 5.41) is 0. The molecular formula is C20H22O4. The quantitative estimate of drug-likeness (QED) is 0.604. The molecule has 0 radical (unpaired) electrons. The molecule has 0 atom stereocenters. The van der Waals surface area contributed by atoms with Gasteiger partial charge in [0.2, 0.25) is 0 Å². The second-order valence-corrected chi connectivity index (χ2v) is 6.10. The van der Waals surface area contributed by atoms with Crippen LogP contribution >= 0.6 is 0 Å². The summed E-state index contributed by atoms with van der Waals surface area (Å²) < 4.78 is 0. The molecule has 4 heteroatoms. The fourth-order valence-corrected chi connectivity index (χ4v) is 2.52. The highest BCUT2D eigenvalue weighted by molar-refractivity contribution is 5.94. The molecule has 0 unspecified atom stereocenters. The van der Waals surface area contributed by atoms with Crippen LogP contribution in [0.5, 0.6) is 0 Å². The lowest BCUT2D eigenvalue weighted by atomic mass is 9.99. The first-order chi connectivity index (χ1) is 11.2. The first-order valence-corrected chi connectivity index (χ1v) is 7.80. The van der Waals surface area contributed by atoms with Crippen molar-refractivity contribution in [2.75, 3.05) is 0 Å². The molecule has 0 amide bonds. The van der Waals surface area contributed by atoms with Gasteiger partial charge in [0.25, 0.3) is 0 Å². The van der Waals surface area contributed by atoms with Crippen molar-refractivity contribution in [1.82, 2.24) is 0 Å². The number of carbonyl (C=O) groups excluding carboxylic acids is 2. The van der Waals surface area contributed by atoms with E-state index in [1.54, 1.807) is 12.1 Å². The van der Waals surface area contributed by atoms with Gasteiger partial charge in [-0.25, -0.2) is 19.4 Å². The van der Waals surface area contributed by atoms with Gasteiger partial charge >= 0.3 is 11.9 Å². The van der Waals surface area contributed by atoms with Crippen LogP contribution in [0.2, 0.25) is 0 Å². The minimum Gasteiger partial charge on any atom is -0.241 e. The number of benzene rings is 2. The number of rotatable bonds is 2. The Bertz CT molecular complexity index is 749. The van der Waals surface area contributed by atoms with Crippen LogP contribution in [0, 0.1) is 41.5 Å². The molecule has 0 saturated carbocycles. The molecular weight excluding hydrogens is 304 g/mol. The van der Waals surface area contributed by atoms with E-state index in [-0.39, 0.29) is 0 Å². The van der Waals surface area contributed by atoms with E-state index in [2.05, 4.69) is 0 Å². The van der Waals surface area contributed by atoms with Crippen LogP contribution < -0.4 is 0 Å². The molecule has 24 heavy (non-hydrogen) atoms. The number of hydrogen-bond donors (Lipinski definition) is 0. The minimum absolute atomic E-state index is 0.391. The average Bonchev–Trinajstić information content (AvgIpc) is 2.55. The van der Waals surface area contributed by atoms with Gasteiger partial charge in [0.15, 0.2) is 0 Å². The van der Waals surface area contributed by atoms with Crippen molar-refractivity contribution < 1.29 is 19.4 Å². The molecule has 0 saturated heterocycles. The van der Waals surface area contributed by atoms with Gasteiger partial charge in [-0.05, 0) is 87.1 Å². The third kappa shape index (κ3) is 3.32. The zero-order valence-electron chi connectivity index (χ0n) is 14.9. The molecule has 2 rings (SSSR count). The molecule has 0 aliphatic carbocycles. The van der Waals surface area contributed by atoms with E-state index in [0.717, 1.165) is 33.4 Å². The summed E-state index contributed by atoms with van der Waals surface area (Å²) in [4.78, 5) is 33.9. The van der Waals surface area contributed by atoms with Crippen molar-refractivity contribution in [1.29, 1.82) is 0 Å². The van der Waals surface area contributed by atoms with Crippen molar-refractivity contribution in [3.8, 4) is 0 Å². The van der Waals surface area contributed by atoms with E-state index >= 15 is 0 Å². The van der Waals surface area contributed by atoms with Crippen LogP contribution in [0.1, 0.15) is 54.1 Å². The van der Waals surface area contributed by atoms with Crippen molar-refractivity contribution in [3.05, 3.63) is 68.8 Å². The zero-order valence-corrected chi connectivity index (χ0v) is 14.9. The van der Waals surface area contributed by atoms with E-state index in [1.165, 1.54) is 0 Å². The molecule has 0 spiro atoms. The maximum atomic E-state index is 12.2. The monoisotopic (exact) mass is 326 g/mol. The SMILES string of the molecule is Cc1ccc(C(=O)OOC(=O)c2ccc(C)c(C)c2C)c(C)c1C. The van der Waals surface area contributed by atoms with Gasteiger partial charge in [0.1, 0.15) is 0 Å². The summed E-state index contributed by atoms with van der Waals surface area (Å²) >= 11 is 0. The Morgan fingerprint density at radius 3 is 1.25 bits per heavy atom. The van der Waals surface area contributed by atoms with E-state index < -0.39 is 11.9 Å². The Hall–Kier alpha value is -2.62. The normalized spacial score (nSPS) is 10.4. The number of carbonyl (C=O) groups is 2. The second-order valence-electron chi connectivity index (χ2n) is 6.10. The summed E-state index contributed by atoms with van der Waals surface area (Å²) in [6.07, 6.45) is 0. The lowest BCUT2D eigenvalue weighted by molar-refractivity contribution is -0.187. The molecule has 0 bridgehead atoms. The van der Waals surface area contributed by atoms with Gasteiger partial charge in [-0.2, -0.15) is 0 Å². The molecule has 126 valence electrons. The van der Waals surface area contributed by atoms with Gasteiger partial charge in [-0.3, -0.25) is 0 Å². The minimum atomic E-state index is -0.676. The number of aryl methyl sites for hydroxylation is 2. The van der Waals surface area contributed by atoms with Gasteiger partial charge in [0, 0.05) is 0 Å². The first-order valence-electron chi connectivity index (χ1n) is 7.80. The Labute approximate surface area is 142 Å². The van der Waals surface area contributed by atoms with Crippen LogP contribution in [0.3, 0.4) is 0 Å². The third-order valence-corrected chi connectivity index (χ3v) is 4.75. The molecule has 0 fully saturated rings. The standard InChI is InChI=1S/C20H22O4/c1-11-7-9-17(15(5)13(11)3)19(21)23-24-20(22)18-10-8-12(2)14(4)16(18)6/h7-10H,1-6H3. The molecule has 2 aromatic rings. The van der Waals surface area contributed by atoms with Crippen molar-refractivity contribution in [2.24, 2.45) is 0 Å². The highest BCUT2D eigenvalue weighted by Gasteiger charge is 2.19.